The maximum absolute atomic E-state index is 5.87. The number of hydrogen-bond acceptors (Lipinski definition) is 3. The molecule has 0 unspecified atom stereocenters. The monoisotopic (exact) mass is 373 g/mol. The van der Waals surface area contributed by atoms with Gasteiger partial charge in [0, 0.05) is 10.5 Å². The number of benzene rings is 3. The highest BCUT2D eigenvalue weighted by Gasteiger charge is 2.07. The van der Waals surface area contributed by atoms with Gasteiger partial charge in [0.15, 0.2) is 0 Å². The van der Waals surface area contributed by atoms with Gasteiger partial charge >= 0.3 is 0 Å². The lowest BCUT2D eigenvalue weighted by atomic mass is 10.2. The maximum atomic E-state index is 5.87. The van der Waals surface area contributed by atoms with Crippen molar-refractivity contribution < 1.29 is 4.74 Å². The minimum Gasteiger partial charge on any atom is -0.465 e. The van der Waals surface area contributed by atoms with E-state index in [9.17, 15) is 0 Å². The summed E-state index contributed by atoms with van der Waals surface area (Å²) in [7, 11) is 0. The molecule has 0 fully saturated rings. The van der Waals surface area contributed by atoms with Crippen LogP contribution in [0.4, 0.5) is 5.69 Å². The molecule has 0 saturated heterocycles. The number of nitrogens with zero attached hydrogens (tertiary/aromatic N) is 1. The molecule has 2 nitrogen and oxygen atoms in total. The summed E-state index contributed by atoms with van der Waals surface area (Å²) in [4.78, 5) is 6.00. The number of thioether (sulfide) groups is 1. The van der Waals surface area contributed by atoms with Crippen LogP contribution in [-0.2, 0) is 0 Å². The summed E-state index contributed by atoms with van der Waals surface area (Å²) in [5.41, 5.74) is 4.31. The highest BCUT2D eigenvalue weighted by atomic mass is 32.2. The van der Waals surface area contributed by atoms with Crippen LogP contribution < -0.4 is 4.74 Å². The Balaban J connectivity index is 1.87. The van der Waals surface area contributed by atoms with Gasteiger partial charge in [0.2, 0.25) is 0 Å². The summed E-state index contributed by atoms with van der Waals surface area (Å²) in [6, 6.07) is 26.5. The van der Waals surface area contributed by atoms with Crippen molar-refractivity contribution in [2.24, 2.45) is 4.99 Å². The Labute approximate surface area is 165 Å². The smallest absolute Gasteiger partial charge is 0.126 e. The van der Waals surface area contributed by atoms with E-state index < -0.39 is 0 Å². The SMILES string of the molecule is CC(=COc1cccc(C)c1)C(=Nc1ccc(C)cc1)Sc1ccccc1. The van der Waals surface area contributed by atoms with Crippen molar-refractivity contribution in [3.8, 4) is 5.75 Å². The largest absolute Gasteiger partial charge is 0.465 e. The molecule has 0 atom stereocenters. The molecule has 0 aliphatic carbocycles. The number of ether oxygens (including phenoxy) is 1. The second kappa shape index (κ2) is 9.24. The Morgan fingerprint density at radius 2 is 1.59 bits per heavy atom. The second-order valence-corrected chi connectivity index (χ2v) is 7.47. The zero-order chi connectivity index (χ0) is 19.1. The molecule has 0 saturated carbocycles. The van der Waals surface area contributed by atoms with Crippen molar-refractivity contribution in [3.63, 3.8) is 0 Å². The van der Waals surface area contributed by atoms with E-state index in [1.54, 1.807) is 18.0 Å². The minimum absolute atomic E-state index is 0.828. The number of aliphatic imine (C=N–C) groups is 1. The van der Waals surface area contributed by atoms with Crippen molar-refractivity contribution in [1.82, 2.24) is 0 Å². The molecule has 0 aliphatic rings. The zero-order valence-electron chi connectivity index (χ0n) is 15.8. The molecule has 0 N–H and O–H groups in total. The fourth-order valence-corrected chi connectivity index (χ4v) is 3.30. The summed E-state index contributed by atoms with van der Waals surface area (Å²) in [6.45, 7) is 6.16. The van der Waals surface area contributed by atoms with E-state index in [0.29, 0.717) is 0 Å². The molecule has 0 heterocycles. The highest BCUT2D eigenvalue weighted by molar-refractivity contribution is 8.14. The van der Waals surface area contributed by atoms with Gasteiger partial charge in [-0.25, -0.2) is 4.99 Å². The fourth-order valence-electron chi connectivity index (χ4n) is 2.42. The van der Waals surface area contributed by atoms with Crippen molar-refractivity contribution >= 4 is 22.5 Å². The van der Waals surface area contributed by atoms with Gasteiger partial charge in [-0.3, -0.25) is 0 Å². The average Bonchev–Trinajstić information content (AvgIpc) is 2.68. The fraction of sp³-hybridized carbons (Fsp3) is 0.125. The predicted octanol–water partition coefficient (Wildman–Crippen LogP) is 7.11. The quantitative estimate of drug-likeness (QED) is 0.206. The standard InChI is InChI=1S/C24H23NOS/c1-18-12-14-21(15-13-18)25-24(27-23-10-5-4-6-11-23)20(3)17-26-22-9-7-8-19(2)16-22/h4-17H,1-3H3. The Hall–Kier alpha value is -2.78. The topological polar surface area (TPSA) is 21.6 Å². The van der Waals surface area contributed by atoms with Gasteiger partial charge in [0.25, 0.3) is 0 Å². The molecule has 3 heteroatoms. The Morgan fingerprint density at radius 3 is 2.30 bits per heavy atom. The van der Waals surface area contributed by atoms with E-state index in [0.717, 1.165) is 26.9 Å². The van der Waals surface area contributed by atoms with Crippen molar-refractivity contribution in [1.29, 1.82) is 0 Å². The molecule has 136 valence electrons. The van der Waals surface area contributed by atoms with Crippen LogP contribution in [0.5, 0.6) is 5.75 Å². The first-order valence-electron chi connectivity index (χ1n) is 8.89. The first-order chi connectivity index (χ1) is 13.1. The first-order valence-corrected chi connectivity index (χ1v) is 9.70. The second-order valence-electron chi connectivity index (χ2n) is 6.40. The molecule has 3 aromatic carbocycles. The Bertz CT molecular complexity index is 944. The molecular weight excluding hydrogens is 350 g/mol. The summed E-state index contributed by atoms with van der Waals surface area (Å²) in [5, 5.41) is 0.915. The van der Waals surface area contributed by atoms with E-state index >= 15 is 0 Å². The van der Waals surface area contributed by atoms with Gasteiger partial charge in [-0.05, 0) is 62.7 Å². The van der Waals surface area contributed by atoms with Crippen LogP contribution >= 0.6 is 11.8 Å². The summed E-state index contributed by atoms with van der Waals surface area (Å²) in [5.74, 6) is 0.828. The van der Waals surface area contributed by atoms with Gasteiger partial charge in [-0.1, -0.05) is 59.8 Å². The summed E-state index contributed by atoms with van der Waals surface area (Å²) in [6.07, 6.45) is 1.78. The van der Waals surface area contributed by atoms with Crippen LogP contribution in [0.3, 0.4) is 0 Å². The lowest BCUT2D eigenvalue weighted by Crippen LogP contribution is -1.97. The average molecular weight is 374 g/mol. The van der Waals surface area contributed by atoms with Gasteiger partial charge in [0.1, 0.15) is 10.8 Å². The Kier molecular flexibility index (Phi) is 6.50. The molecule has 0 aromatic heterocycles. The predicted molar refractivity (Wildman–Crippen MR) is 116 cm³/mol. The van der Waals surface area contributed by atoms with Crippen LogP contribution in [0, 0.1) is 13.8 Å². The molecule has 0 bridgehead atoms. The molecule has 27 heavy (non-hydrogen) atoms. The van der Waals surface area contributed by atoms with Gasteiger partial charge in [0.05, 0.1) is 11.9 Å². The Morgan fingerprint density at radius 1 is 0.852 bits per heavy atom. The first kappa shape index (κ1) is 19.0. The van der Waals surface area contributed by atoms with E-state index in [-0.39, 0.29) is 0 Å². The van der Waals surface area contributed by atoms with Gasteiger partial charge in [-0.2, -0.15) is 0 Å². The highest BCUT2D eigenvalue weighted by Crippen LogP contribution is 2.27. The third-order valence-electron chi connectivity index (χ3n) is 3.92. The lowest BCUT2D eigenvalue weighted by Gasteiger charge is -2.09. The number of aryl methyl sites for hydroxylation is 2. The lowest BCUT2D eigenvalue weighted by molar-refractivity contribution is 0.478. The van der Waals surface area contributed by atoms with E-state index in [1.165, 1.54) is 11.1 Å². The van der Waals surface area contributed by atoms with Crippen LogP contribution in [-0.4, -0.2) is 5.04 Å². The van der Waals surface area contributed by atoms with Gasteiger partial charge < -0.3 is 4.74 Å². The summed E-state index contributed by atoms with van der Waals surface area (Å²) < 4.78 is 5.87. The van der Waals surface area contributed by atoms with Crippen LogP contribution in [0.15, 0.2) is 101 Å². The summed E-state index contributed by atoms with van der Waals surface area (Å²) >= 11 is 1.64. The molecule has 0 spiro atoms. The molecule has 0 radical (unpaired) electrons. The van der Waals surface area contributed by atoms with Crippen molar-refractivity contribution in [2.45, 2.75) is 25.7 Å². The normalized spacial score (nSPS) is 12.1. The molecule has 0 aliphatic heterocycles. The third-order valence-corrected chi connectivity index (χ3v) is 5.04. The number of rotatable bonds is 5. The maximum Gasteiger partial charge on any atom is 0.126 e. The van der Waals surface area contributed by atoms with Gasteiger partial charge in [-0.15, -0.1) is 0 Å². The van der Waals surface area contributed by atoms with Crippen molar-refractivity contribution in [3.05, 3.63) is 102 Å². The molecule has 3 aromatic rings. The molecule has 0 amide bonds. The van der Waals surface area contributed by atoms with Crippen LogP contribution in [0.1, 0.15) is 18.1 Å². The third kappa shape index (κ3) is 5.87. The number of hydrogen-bond donors (Lipinski definition) is 0. The molecular formula is C24H23NOS. The molecule has 3 rings (SSSR count). The van der Waals surface area contributed by atoms with E-state index in [2.05, 4.69) is 44.2 Å². The van der Waals surface area contributed by atoms with Crippen LogP contribution in [0.25, 0.3) is 0 Å². The van der Waals surface area contributed by atoms with Crippen LogP contribution in [0.2, 0.25) is 0 Å². The van der Waals surface area contributed by atoms with E-state index in [1.807, 2.05) is 55.5 Å². The zero-order valence-corrected chi connectivity index (χ0v) is 16.7. The van der Waals surface area contributed by atoms with E-state index in [4.69, 9.17) is 9.73 Å². The minimum atomic E-state index is 0.828. The van der Waals surface area contributed by atoms with Crippen molar-refractivity contribution in [2.75, 3.05) is 0 Å².